The van der Waals surface area contributed by atoms with Crippen molar-refractivity contribution in [3.63, 3.8) is 0 Å². The van der Waals surface area contributed by atoms with E-state index >= 15 is 0 Å². The molecule has 0 aromatic heterocycles. The van der Waals surface area contributed by atoms with Gasteiger partial charge in [-0.05, 0) is 158 Å². The van der Waals surface area contributed by atoms with Crippen LogP contribution in [-0.2, 0) is 79.4 Å². The molecule has 0 aromatic rings. The molecule has 0 saturated heterocycles. The molecule has 0 bridgehead atoms. The van der Waals surface area contributed by atoms with Gasteiger partial charge in [0.25, 0.3) is 50.6 Å². The van der Waals surface area contributed by atoms with E-state index in [1.807, 2.05) is 13.8 Å². The second-order valence-electron chi connectivity index (χ2n) is 26.3. The van der Waals surface area contributed by atoms with Gasteiger partial charge >= 0.3 is 88.7 Å². The molecule has 13 unspecified atom stereocenters. The standard InChI is InChI=1S/C58H110N16O28S5.3Na/c1-9-35(6)12-10-11-13-46(77)65-38(14-20-59-28-103(88,89)90)53(82)74-48(37(8)76)58(87)70-41(17-23-62-31-106(97,98)99)50(79)68-43-19-25-64-57(86)47(36(7)75)73-54(83)42(18-24-63-32-107(100,101)102)67-49(78)39(15-21-60-29-104(91,92)93)69-55(84)44(26-33(2)3)72-56(85)45(27-34(4)5)71-52(81)40(66-51(43)80)16-22-61-30-105(94,95)96;;;/h33-45,47-48,59-63,75-76H,9-32H2,1-8H3,(H,64,86)(H,65,77)(H,66,80)(H,67,78)(H,68,79)(H,69,84)(H,70,87)(H,71,81)(H,72,85)(H,73,83)(H,74,82)(H,88,89,90)(H,91,92,93)(H,94,95,96)(H,97,98,99)(H,100,101,102);;;/q;3*+1/p-5. The van der Waals surface area contributed by atoms with Crippen molar-refractivity contribution in [2.45, 2.75) is 211 Å². The summed E-state index contributed by atoms with van der Waals surface area (Å²) in [5.41, 5.74) is 0. The summed E-state index contributed by atoms with van der Waals surface area (Å²) in [5, 5.41) is 119. The van der Waals surface area contributed by atoms with Gasteiger partial charge in [-0.1, -0.05) is 60.8 Å². The Labute approximate surface area is 708 Å². The van der Waals surface area contributed by atoms with Gasteiger partial charge in [0.15, 0.2) is 0 Å². The molecule has 1 heterocycles. The average Bonchev–Trinajstić information content (AvgIpc) is 0.950. The number of nitrogens with zero attached hydrogens (tertiary/aromatic N) is 5. The maximum Gasteiger partial charge on any atom is 1.00 e. The van der Waals surface area contributed by atoms with Crippen molar-refractivity contribution >= 4 is 116 Å². The fraction of sp³-hybridized carbons (Fsp3) is 0.810. The average molecular weight is 1700 g/mol. The summed E-state index contributed by atoms with van der Waals surface area (Å²) in [4.78, 5) is 105. The van der Waals surface area contributed by atoms with Crippen molar-refractivity contribution in [2.24, 2.45) is 42.7 Å². The van der Waals surface area contributed by atoms with Crippen LogP contribution < -0.4 is 173 Å². The van der Waals surface area contributed by atoms with Crippen molar-refractivity contribution < 1.29 is 218 Å². The molecule has 18 N–H and O–H groups in total. The van der Waals surface area contributed by atoms with E-state index in [0.717, 1.165) is 26.7 Å². The van der Waals surface area contributed by atoms with Gasteiger partial charge in [-0.25, -0.2) is 0 Å². The van der Waals surface area contributed by atoms with E-state index in [1.165, 1.54) is 0 Å². The summed E-state index contributed by atoms with van der Waals surface area (Å²) in [6, 6.07) is -19.7. The largest absolute Gasteiger partial charge is 1.00 e. The maximum absolute atomic E-state index is 14.8. The van der Waals surface area contributed by atoms with Gasteiger partial charge < -0.3 is 94.2 Å². The quantitative estimate of drug-likeness (QED) is 0.00885. The molecule has 0 fully saturated rings. The van der Waals surface area contributed by atoms with Gasteiger partial charge in [-0.3, -0.25) is 76.5 Å². The number of aliphatic imine (C=N–C) groups is 5. The second kappa shape index (κ2) is 55.1. The van der Waals surface area contributed by atoms with Gasteiger partial charge in [0, 0.05) is 6.54 Å². The molecular weight excluding hydrogens is 1600 g/mol. The van der Waals surface area contributed by atoms with Crippen molar-refractivity contribution in [1.82, 2.24) is 58.5 Å². The predicted octanol–water partition coefficient (Wildman–Crippen LogP) is -18.8. The molecule has 0 radical (unpaired) electrons. The fourth-order valence-electron chi connectivity index (χ4n) is 9.82. The van der Waals surface area contributed by atoms with E-state index < -0.39 is 301 Å². The van der Waals surface area contributed by atoms with E-state index in [9.17, 15) is 129 Å². The maximum atomic E-state index is 14.8. The summed E-state index contributed by atoms with van der Waals surface area (Å²) in [6.45, 7) is 8.77. The monoisotopic (exact) mass is 1700 g/mol. The van der Waals surface area contributed by atoms with Crippen LogP contribution in [0.5, 0.6) is 0 Å². The Kier molecular flexibility index (Phi) is 55.4. The normalized spacial score (nSPS) is 21.4. The summed E-state index contributed by atoms with van der Waals surface area (Å²) in [6.07, 6.45) is -6.02. The first-order valence-corrected chi connectivity index (χ1v) is 42.1. The van der Waals surface area contributed by atoms with E-state index in [4.69, 9.17) is 0 Å². The summed E-state index contributed by atoms with van der Waals surface area (Å²) >= 11 is 0. The zero-order valence-corrected chi connectivity index (χ0v) is 73.7. The number of carbonyl (C=O) groups is 6. The first-order valence-electron chi connectivity index (χ1n) is 34.1. The Morgan fingerprint density at radius 3 is 1.47 bits per heavy atom. The number of unbranched alkanes of at least 4 members (excludes halogenated alkanes) is 1. The minimum atomic E-state index is -4.79. The third kappa shape index (κ3) is 51.4. The molecule has 0 aromatic carbocycles. The molecule has 0 spiro atoms. The summed E-state index contributed by atoms with van der Waals surface area (Å²) in [7, 11) is -23.6. The van der Waals surface area contributed by atoms with Crippen LogP contribution in [0, 0.1) is 17.8 Å². The number of hydrogen-bond acceptors (Lipinski definition) is 33. The Bertz CT molecular complexity index is 3630. The van der Waals surface area contributed by atoms with Crippen molar-refractivity contribution in [2.75, 3.05) is 68.7 Å². The van der Waals surface area contributed by atoms with Crippen molar-refractivity contribution in [1.29, 1.82) is 0 Å². The summed E-state index contributed by atoms with van der Waals surface area (Å²) < 4.78 is 163. The number of amides is 6. The molecule has 44 nitrogen and oxygen atoms in total. The van der Waals surface area contributed by atoms with E-state index in [-0.39, 0.29) is 114 Å². The molecular formula is C58H105N16Na3O28S5-2. The molecule has 1 aliphatic heterocycles. The number of hydrogen-bond donors (Lipinski definition) is 18. The first kappa shape index (κ1) is 111. The van der Waals surface area contributed by atoms with Crippen molar-refractivity contribution in [3.8, 4) is 0 Å². The van der Waals surface area contributed by atoms with Crippen LogP contribution in [0.1, 0.15) is 139 Å². The molecule has 13 atom stereocenters. The zero-order chi connectivity index (χ0) is 81.8. The Hall–Kier alpha value is -3.56. The SMILES string of the molecule is CCC(C)CCCCC([O-])=NC(CCNCS(=O)(=O)O)C(=O)NC(C(=O)NC(CCNCS(=O)(=O)O)C([O-])=NC1CCNC(=O)C(C(C)O)NC(=O)C(CCNCS(=O)(=O)O)N=C([O-])C(CCNCS(=O)(=O)O)NC(=O)C(CC(C)C)NC(=O)C(CC(C)C)N=C([O-])C(CCNCS(=O)(=O)O)N=C1[O-])C(C)O.[Na+].[Na+].[Na+]. The number of carbonyl (C=O) groups excluding carboxylic acids is 6. The van der Waals surface area contributed by atoms with Crippen LogP contribution in [0.3, 0.4) is 0 Å². The van der Waals surface area contributed by atoms with Crippen molar-refractivity contribution in [3.05, 3.63) is 0 Å². The molecule has 52 heteroatoms. The minimum Gasteiger partial charge on any atom is -0.862 e. The number of aliphatic hydroxyl groups excluding tert-OH is 2. The van der Waals surface area contributed by atoms with Gasteiger partial charge in [-0.2, -0.15) is 42.1 Å². The van der Waals surface area contributed by atoms with Gasteiger partial charge in [0.1, 0.15) is 65.6 Å². The molecule has 110 heavy (non-hydrogen) atoms. The third-order valence-corrected chi connectivity index (χ3v) is 18.3. The smallest absolute Gasteiger partial charge is 0.862 e. The van der Waals surface area contributed by atoms with Gasteiger partial charge in [0.05, 0.1) is 36.4 Å². The number of nitrogens with one attached hydrogen (secondary N) is 11. The molecule has 1 aliphatic rings. The Morgan fingerprint density at radius 2 is 0.991 bits per heavy atom. The van der Waals surface area contributed by atoms with Crippen LogP contribution >= 0.6 is 0 Å². The summed E-state index contributed by atoms with van der Waals surface area (Å²) in [5.74, 6) is -20.5. The molecule has 6 amide bonds. The predicted molar refractivity (Wildman–Crippen MR) is 379 cm³/mol. The fourth-order valence-corrected chi connectivity index (χ4v) is 11.8. The Balaban J connectivity index is -0.0000382. The second-order valence-corrected chi connectivity index (χ2v) is 33.5. The molecule has 620 valence electrons. The van der Waals surface area contributed by atoms with Crippen LogP contribution in [0.2, 0.25) is 0 Å². The Morgan fingerprint density at radius 1 is 0.536 bits per heavy atom. The molecule has 1 rings (SSSR count). The van der Waals surface area contributed by atoms with Gasteiger partial charge in [-0.15, -0.1) is 0 Å². The molecule has 0 aliphatic carbocycles. The van der Waals surface area contributed by atoms with E-state index in [2.05, 4.69) is 83.4 Å². The first-order chi connectivity index (χ1) is 49.4. The van der Waals surface area contributed by atoms with Crippen LogP contribution in [0.4, 0.5) is 0 Å². The van der Waals surface area contributed by atoms with E-state index in [1.54, 1.807) is 27.7 Å². The van der Waals surface area contributed by atoms with E-state index in [0.29, 0.717) is 18.8 Å². The zero-order valence-electron chi connectivity index (χ0n) is 63.6. The van der Waals surface area contributed by atoms with Crippen LogP contribution in [-0.4, -0.2) is 281 Å². The third-order valence-electron chi connectivity index (χ3n) is 15.5. The topological polar surface area (TPSA) is 724 Å². The van der Waals surface area contributed by atoms with Crippen LogP contribution in [0.15, 0.2) is 25.0 Å². The minimum absolute atomic E-state index is 0. The van der Waals surface area contributed by atoms with Crippen LogP contribution in [0.25, 0.3) is 0 Å². The van der Waals surface area contributed by atoms with Gasteiger partial charge in [0.2, 0.25) is 35.4 Å². The molecule has 0 saturated carbocycles. The number of rotatable bonds is 44. The number of aliphatic hydroxyl groups is 2.